The van der Waals surface area contributed by atoms with Gasteiger partial charge in [0.2, 0.25) is 5.90 Å². The monoisotopic (exact) mass is 337 g/mol. The lowest BCUT2D eigenvalue weighted by atomic mass is 10.1. The van der Waals surface area contributed by atoms with Gasteiger partial charge in [0.1, 0.15) is 6.61 Å². The molecule has 2 amide bonds. The Kier molecular flexibility index (Phi) is 5.09. The van der Waals surface area contributed by atoms with E-state index in [1.807, 2.05) is 43.3 Å². The predicted octanol–water partition coefficient (Wildman–Crippen LogP) is 2.03. The molecule has 3 rings (SSSR count). The SMILES string of the molecule is Cc1ccc(NC(=O)C(=O)NCCOC2=NCc3ccccc32)cc1. The van der Waals surface area contributed by atoms with Crippen molar-refractivity contribution in [1.29, 1.82) is 0 Å². The maximum Gasteiger partial charge on any atom is 0.313 e. The van der Waals surface area contributed by atoms with Crippen molar-refractivity contribution < 1.29 is 14.3 Å². The van der Waals surface area contributed by atoms with Gasteiger partial charge in [-0.15, -0.1) is 0 Å². The summed E-state index contributed by atoms with van der Waals surface area (Å²) in [6, 6.07) is 15.1. The number of ether oxygens (including phenoxy) is 1. The molecule has 2 N–H and O–H groups in total. The number of anilines is 1. The molecule has 1 aliphatic rings. The van der Waals surface area contributed by atoms with Gasteiger partial charge >= 0.3 is 11.8 Å². The fraction of sp³-hybridized carbons (Fsp3) is 0.211. The molecule has 0 unspecified atom stereocenters. The van der Waals surface area contributed by atoms with Crippen molar-refractivity contribution in [1.82, 2.24) is 5.32 Å². The van der Waals surface area contributed by atoms with Gasteiger partial charge in [-0.1, -0.05) is 35.9 Å². The highest BCUT2D eigenvalue weighted by Gasteiger charge is 2.17. The second-order valence-corrected chi connectivity index (χ2v) is 5.70. The van der Waals surface area contributed by atoms with E-state index in [1.165, 1.54) is 0 Å². The first-order valence-electron chi connectivity index (χ1n) is 8.05. The van der Waals surface area contributed by atoms with Gasteiger partial charge in [0.05, 0.1) is 13.1 Å². The van der Waals surface area contributed by atoms with Gasteiger partial charge < -0.3 is 15.4 Å². The quantitative estimate of drug-likeness (QED) is 0.662. The highest BCUT2D eigenvalue weighted by atomic mass is 16.5. The number of aryl methyl sites for hydroxylation is 1. The standard InChI is InChI=1S/C19H19N3O3/c1-13-6-8-15(9-7-13)22-18(24)17(23)20-10-11-25-19-16-5-3-2-4-14(16)12-21-19/h2-9H,10-12H2,1H3,(H,20,23)(H,22,24). The van der Waals surface area contributed by atoms with E-state index in [2.05, 4.69) is 15.6 Å². The molecular weight excluding hydrogens is 318 g/mol. The maximum absolute atomic E-state index is 11.8. The summed E-state index contributed by atoms with van der Waals surface area (Å²) >= 11 is 0. The van der Waals surface area contributed by atoms with Crippen molar-refractivity contribution >= 4 is 23.4 Å². The molecule has 6 heteroatoms. The van der Waals surface area contributed by atoms with Crippen LogP contribution in [0.2, 0.25) is 0 Å². The summed E-state index contributed by atoms with van der Waals surface area (Å²) in [5.74, 6) is -0.820. The van der Waals surface area contributed by atoms with Gasteiger partial charge in [-0.3, -0.25) is 9.59 Å². The topological polar surface area (TPSA) is 79.8 Å². The second-order valence-electron chi connectivity index (χ2n) is 5.70. The number of nitrogens with zero attached hydrogens (tertiary/aromatic N) is 1. The van der Waals surface area contributed by atoms with Crippen LogP contribution in [0.25, 0.3) is 0 Å². The lowest BCUT2D eigenvalue weighted by Gasteiger charge is -2.09. The van der Waals surface area contributed by atoms with Gasteiger partial charge in [0.15, 0.2) is 0 Å². The van der Waals surface area contributed by atoms with Crippen molar-refractivity contribution in [3.05, 3.63) is 65.2 Å². The minimum Gasteiger partial charge on any atom is -0.476 e. The molecule has 2 aromatic carbocycles. The summed E-state index contributed by atoms with van der Waals surface area (Å²) in [7, 11) is 0. The first-order valence-corrected chi connectivity index (χ1v) is 8.05. The molecule has 0 radical (unpaired) electrons. The highest BCUT2D eigenvalue weighted by Crippen LogP contribution is 2.18. The first-order chi connectivity index (χ1) is 12.1. The van der Waals surface area contributed by atoms with E-state index in [-0.39, 0.29) is 13.2 Å². The molecule has 128 valence electrons. The van der Waals surface area contributed by atoms with Crippen LogP contribution in [0.3, 0.4) is 0 Å². The van der Waals surface area contributed by atoms with E-state index < -0.39 is 11.8 Å². The molecule has 0 atom stereocenters. The van der Waals surface area contributed by atoms with Crippen molar-refractivity contribution in [2.45, 2.75) is 13.5 Å². The van der Waals surface area contributed by atoms with E-state index in [9.17, 15) is 9.59 Å². The van der Waals surface area contributed by atoms with Gasteiger partial charge in [0, 0.05) is 11.3 Å². The molecule has 6 nitrogen and oxygen atoms in total. The number of benzene rings is 2. The normalized spacial score (nSPS) is 12.1. The van der Waals surface area contributed by atoms with Crippen LogP contribution in [0.1, 0.15) is 16.7 Å². The Morgan fingerprint density at radius 1 is 1.08 bits per heavy atom. The molecule has 0 aromatic heterocycles. The van der Waals surface area contributed by atoms with E-state index in [4.69, 9.17) is 4.74 Å². The number of nitrogens with one attached hydrogen (secondary N) is 2. The first kappa shape index (κ1) is 16.7. The van der Waals surface area contributed by atoms with Crippen LogP contribution in [0.15, 0.2) is 53.5 Å². The maximum atomic E-state index is 11.8. The number of hydrogen-bond donors (Lipinski definition) is 2. The minimum absolute atomic E-state index is 0.224. The molecule has 1 aliphatic heterocycles. The average Bonchev–Trinajstić information content (AvgIpc) is 3.03. The van der Waals surface area contributed by atoms with Crippen LogP contribution in [-0.4, -0.2) is 30.9 Å². The molecule has 0 saturated carbocycles. The predicted molar refractivity (Wildman–Crippen MR) is 95.5 cm³/mol. The van der Waals surface area contributed by atoms with E-state index in [0.29, 0.717) is 18.1 Å². The Hall–Kier alpha value is -3.15. The molecule has 25 heavy (non-hydrogen) atoms. The summed E-state index contributed by atoms with van der Waals surface area (Å²) in [5.41, 5.74) is 3.76. The summed E-state index contributed by atoms with van der Waals surface area (Å²) in [6.07, 6.45) is 0. The third-order valence-electron chi connectivity index (χ3n) is 3.78. The molecule has 0 saturated heterocycles. The fourth-order valence-electron chi connectivity index (χ4n) is 2.45. The summed E-state index contributed by atoms with van der Waals surface area (Å²) in [5, 5.41) is 5.08. The Morgan fingerprint density at radius 3 is 2.64 bits per heavy atom. The molecule has 0 bridgehead atoms. The van der Waals surface area contributed by atoms with Crippen LogP contribution >= 0.6 is 0 Å². The molecule has 0 spiro atoms. The number of carbonyl (C=O) groups is 2. The highest BCUT2D eigenvalue weighted by molar-refractivity contribution is 6.39. The Bertz CT molecular complexity index is 813. The van der Waals surface area contributed by atoms with Crippen LogP contribution < -0.4 is 10.6 Å². The van der Waals surface area contributed by atoms with Crippen molar-refractivity contribution in [3.63, 3.8) is 0 Å². The lowest BCUT2D eigenvalue weighted by Crippen LogP contribution is -2.37. The summed E-state index contributed by atoms with van der Waals surface area (Å²) in [4.78, 5) is 27.9. The third-order valence-corrected chi connectivity index (χ3v) is 3.78. The van der Waals surface area contributed by atoms with Crippen molar-refractivity contribution in [2.24, 2.45) is 4.99 Å². The molecule has 0 fully saturated rings. The van der Waals surface area contributed by atoms with Gasteiger partial charge in [-0.25, -0.2) is 4.99 Å². The summed E-state index contributed by atoms with van der Waals surface area (Å²) in [6.45, 7) is 3.03. The van der Waals surface area contributed by atoms with Gasteiger partial charge in [-0.05, 0) is 30.7 Å². The fourth-order valence-corrected chi connectivity index (χ4v) is 2.45. The zero-order valence-electron chi connectivity index (χ0n) is 13.9. The zero-order valence-corrected chi connectivity index (χ0v) is 13.9. The van der Waals surface area contributed by atoms with Gasteiger partial charge in [-0.2, -0.15) is 0 Å². The van der Waals surface area contributed by atoms with Crippen LogP contribution in [0.5, 0.6) is 0 Å². The minimum atomic E-state index is -0.701. The smallest absolute Gasteiger partial charge is 0.313 e. The van der Waals surface area contributed by atoms with Crippen LogP contribution in [0, 0.1) is 6.92 Å². The van der Waals surface area contributed by atoms with E-state index in [0.717, 1.165) is 16.7 Å². The van der Waals surface area contributed by atoms with Gasteiger partial charge in [0.25, 0.3) is 0 Å². The molecular formula is C19H19N3O3. The number of amides is 2. The number of rotatable bonds is 4. The van der Waals surface area contributed by atoms with E-state index in [1.54, 1.807) is 12.1 Å². The summed E-state index contributed by atoms with van der Waals surface area (Å²) < 4.78 is 5.59. The van der Waals surface area contributed by atoms with E-state index >= 15 is 0 Å². The van der Waals surface area contributed by atoms with Crippen LogP contribution in [0.4, 0.5) is 5.69 Å². The molecule has 2 aromatic rings. The zero-order chi connectivity index (χ0) is 17.6. The molecule has 0 aliphatic carbocycles. The Morgan fingerprint density at radius 2 is 1.84 bits per heavy atom. The number of carbonyl (C=O) groups excluding carboxylic acids is 2. The van der Waals surface area contributed by atoms with Crippen molar-refractivity contribution in [3.8, 4) is 0 Å². The number of fused-ring (bicyclic) bond motifs is 1. The Balaban J connectivity index is 1.41. The number of aliphatic imine (C=N–C) groups is 1. The number of hydrogen-bond acceptors (Lipinski definition) is 4. The third kappa shape index (κ3) is 4.23. The van der Waals surface area contributed by atoms with Crippen molar-refractivity contribution in [2.75, 3.05) is 18.5 Å². The average molecular weight is 337 g/mol. The second kappa shape index (κ2) is 7.61. The van der Waals surface area contributed by atoms with Crippen LogP contribution in [-0.2, 0) is 20.9 Å². The largest absolute Gasteiger partial charge is 0.476 e. The molecule has 1 heterocycles. The Labute approximate surface area is 145 Å². The lowest BCUT2D eigenvalue weighted by molar-refractivity contribution is -0.136.